The predicted octanol–water partition coefficient (Wildman–Crippen LogP) is 8.02. The number of phenolic OH excluding ortho intramolecular Hbond substituents is 2. The molecular formula is C26H38O2S. The van der Waals surface area contributed by atoms with Crippen LogP contribution in [0.4, 0.5) is 0 Å². The summed E-state index contributed by atoms with van der Waals surface area (Å²) in [7, 11) is 0. The SMILES string of the molecule is CC(C)c1cc(CSCc2cc(C(C)C)c(O)c(C(C)C)c2)cc(C(C)C)c1O. The fraction of sp³-hybridized carbons (Fsp3) is 0.538. The van der Waals surface area contributed by atoms with Gasteiger partial charge in [0.05, 0.1) is 0 Å². The molecule has 0 aliphatic carbocycles. The fourth-order valence-corrected chi connectivity index (χ4v) is 4.61. The molecule has 29 heavy (non-hydrogen) atoms. The van der Waals surface area contributed by atoms with Gasteiger partial charge in [-0.05, 0) is 57.1 Å². The van der Waals surface area contributed by atoms with Crippen LogP contribution in [0.2, 0.25) is 0 Å². The minimum atomic E-state index is 0.303. The van der Waals surface area contributed by atoms with Gasteiger partial charge in [0.1, 0.15) is 11.5 Å². The third-order valence-corrected chi connectivity index (χ3v) is 6.56. The van der Waals surface area contributed by atoms with E-state index in [-0.39, 0.29) is 0 Å². The Bertz CT molecular complexity index is 707. The Morgan fingerprint density at radius 1 is 0.552 bits per heavy atom. The van der Waals surface area contributed by atoms with Gasteiger partial charge in [0.15, 0.2) is 0 Å². The Morgan fingerprint density at radius 3 is 1.00 bits per heavy atom. The molecule has 0 saturated heterocycles. The highest BCUT2D eigenvalue weighted by molar-refractivity contribution is 7.97. The first-order valence-corrected chi connectivity index (χ1v) is 12.0. The molecular weight excluding hydrogens is 376 g/mol. The maximum Gasteiger partial charge on any atom is 0.122 e. The highest BCUT2D eigenvalue weighted by Gasteiger charge is 2.17. The van der Waals surface area contributed by atoms with Gasteiger partial charge >= 0.3 is 0 Å². The van der Waals surface area contributed by atoms with Crippen LogP contribution >= 0.6 is 11.8 Å². The number of aromatic hydroxyl groups is 2. The maximum atomic E-state index is 10.6. The van der Waals surface area contributed by atoms with E-state index in [1.54, 1.807) is 0 Å². The Hall–Kier alpha value is -1.61. The van der Waals surface area contributed by atoms with Crippen molar-refractivity contribution in [3.8, 4) is 11.5 Å². The van der Waals surface area contributed by atoms with Crippen molar-refractivity contribution >= 4 is 11.8 Å². The molecule has 0 aliphatic heterocycles. The van der Waals surface area contributed by atoms with Gasteiger partial charge in [-0.25, -0.2) is 0 Å². The summed E-state index contributed by atoms with van der Waals surface area (Å²) in [5, 5.41) is 21.2. The molecule has 160 valence electrons. The van der Waals surface area contributed by atoms with Gasteiger partial charge in [-0.15, -0.1) is 0 Å². The van der Waals surface area contributed by atoms with Crippen molar-refractivity contribution in [1.29, 1.82) is 0 Å². The highest BCUT2D eigenvalue weighted by atomic mass is 32.2. The van der Waals surface area contributed by atoms with Crippen LogP contribution < -0.4 is 0 Å². The average Bonchev–Trinajstić information content (AvgIpc) is 2.62. The molecule has 0 unspecified atom stereocenters. The Balaban J connectivity index is 2.24. The van der Waals surface area contributed by atoms with Crippen molar-refractivity contribution in [2.75, 3.05) is 0 Å². The van der Waals surface area contributed by atoms with Gasteiger partial charge in [0.25, 0.3) is 0 Å². The van der Waals surface area contributed by atoms with Crippen LogP contribution in [0.15, 0.2) is 24.3 Å². The van der Waals surface area contributed by atoms with Crippen LogP contribution in [0, 0.1) is 0 Å². The molecule has 2 nitrogen and oxygen atoms in total. The van der Waals surface area contributed by atoms with Crippen LogP contribution in [0.5, 0.6) is 11.5 Å². The van der Waals surface area contributed by atoms with Crippen molar-refractivity contribution in [1.82, 2.24) is 0 Å². The predicted molar refractivity (Wildman–Crippen MR) is 128 cm³/mol. The van der Waals surface area contributed by atoms with Gasteiger partial charge in [-0.1, -0.05) is 79.7 Å². The third kappa shape index (κ3) is 5.72. The first-order valence-electron chi connectivity index (χ1n) is 10.8. The van der Waals surface area contributed by atoms with Gasteiger partial charge in [0.2, 0.25) is 0 Å². The third-order valence-electron chi connectivity index (χ3n) is 5.48. The summed E-state index contributed by atoms with van der Waals surface area (Å²) in [5.74, 6) is 3.96. The first-order chi connectivity index (χ1) is 13.5. The summed E-state index contributed by atoms with van der Waals surface area (Å²) in [6.07, 6.45) is 0. The normalized spacial score (nSPS) is 12.0. The van der Waals surface area contributed by atoms with E-state index in [9.17, 15) is 10.2 Å². The minimum Gasteiger partial charge on any atom is -0.507 e. The molecule has 0 bridgehead atoms. The van der Waals surface area contributed by atoms with Gasteiger partial charge in [-0.2, -0.15) is 11.8 Å². The van der Waals surface area contributed by atoms with Crippen molar-refractivity contribution in [3.05, 3.63) is 57.6 Å². The molecule has 2 aromatic rings. The van der Waals surface area contributed by atoms with E-state index in [4.69, 9.17) is 0 Å². The van der Waals surface area contributed by atoms with Crippen LogP contribution in [0.3, 0.4) is 0 Å². The van der Waals surface area contributed by atoms with Crippen molar-refractivity contribution < 1.29 is 10.2 Å². The number of rotatable bonds is 8. The van der Waals surface area contributed by atoms with E-state index in [0.29, 0.717) is 35.2 Å². The molecule has 0 aliphatic rings. The van der Waals surface area contributed by atoms with Crippen molar-refractivity contribution in [2.45, 2.75) is 90.6 Å². The van der Waals surface area contributed by atoms with Crippen LogP contribution in [-0.4, -0.2) is 10.2 Å². The second-order valence-electron chi connectivity index (χ2n) is 9.36. The summed E-state index contributed by atoms with van der Waals surface area (Å²) >= 11 is 1.89. The second-order valence-corrected chi connectivity index (χ2v) is 10.3. The van der Waals surface area contributed by atoms with E-state index >= 15 is 0 Å². The number of phenols is 2. The lowest BCUT2D eigenvalue weighted by Gasteiger charge is -2.18. The van der Waals surface area contributed by atoms with E-state index < -0.39 is 0 Å². The lowest BCUT2D eigenvalue weighted by Crippen LogP contribution is -1.99. The topological polar surface area (TPSA) is 40.5 Å². The molecule has 0 saturated carbocycles. The lowest BCUT2D eigenvalue weighted by molar-refractivity contribution is 0.453. The number of thioether (sulfide) groups is 1. The molecule has 2 aromatic carbocycles. The van der Waals surface area contributed by atoms with Crippen LogP contribution in [-0.2, 0) is 11.5 Å². The average molecular weight is 415 g/mol. The number of hydrogen-bond donors (Lipinski definition) is 2. The van der Waals surface area contributed by atoms with E-state index in [1.165, 1.54) is 11.1 Å². The summed E-state index contributed by atoms with van der Waals surface area (Å²) < 4.78 is 0. The quantitative estimate of drug-likeness (QED) is 0.459. The summed E-state index contributed by atoms with van der Waals surface area (Å²) in [6, 6.07) is 8.65. The second kappa shape index (κ2) is 9.93. The van der Waals surface area contributed by atoms with Gasteiger partial charge in [-0.3, -0.25) is 0 Å². The van der Waals surface area contributed by atoms with Gasteiger partial charge < -0.3 is 10.2 Å². The number of benzene rings is 2. The summed E-state index contributed by atoms with van der Waals surface area (Å²) in [4.78, 5) is 0. The smallest absolute Gasteiger partial charge is 0.122 e. The Labute approximate surface area is 181 Å². The van der Waals surface area contributed by atoms with E-state index in [0.717, 1.165) is 33.8 Å². The van der Waals surface area contributed by atoms with Gasteiger partial charge in [0, 0.05) is 11.5 Å². The highest BCUT2D eigenvalue weighted by Crippen LogP contribution is 2.38. The molecule has 0 aromatic heterocycles. The lowest BCUT2D eigenvalue weighted by atomic mass is 9.92. The zero-order chi connectivity index (χ0) is 21.9. The molecule has 3 heteroatoms. The van der Waals surface area contributed by atoms with E-state index in [2.05, 4.69) is 79.7 Å². The molecule has 0 radical (unpaired) electrons. The molecule has 0 amide bonds. The molecule has 0 atom stereocenters. The fourth-order valence-electron chi connectivity index (χ4n) is 3.70. The summed E-state index contributed by atoms with van der Waals surface area (Å²) in [6.45, 7) is 17.1. The van der Waals surface area contributed by atoms with Crippen molar-refractivity contribution in [2.24, 2.45) is 0 Å². The molecule has 0 heterocycles. The van der Waals surface area contributed by atoms with E-state index in [1.807, 2.05) is 11.8 Å². The minimum absolute atomic E-state index is 0.303. The molecule has 2 N–H and O–H groups in total. The van der Waals surface area contributed by atoms with Crippen LogP contribution in [0.1, 0.15) is 112 Å². The van der Waals surface area contributed by atoms with Crippen molar-refractivity contribution in [3.63, 3.8) is 0 Å². The Morgan fingerprint density at radius 2 is 0.793 bits per heavy atom. The number of hydrogen-bond acceptors (Lipinski definition) is 3. The standard InChI is InChI=1S/C26H38O2S/c1-15(2)21-9-19(10-22(16(3)4)25(21)27)13-29-14-20-11-23(17(5)6)26(28)24(12-20)18(7)8/h9-12,15-18,27-28H,13-14H2,1-8H3. The largest absolute Gasteiger partial charge is 0.507 e. The zero-order valence-corrected chi connectivity index (χ0v) is 20.2. The maximum absolute atomic E-state index is 10.6. The molecule has 0 fully saturated rings. The Kier molecular flexibility index (Phi) is 8.10. The molecule has 0 spiro atoms. The monoisotopic (exact) mass is 414 g/mol. The zero-order valence-electron chi connectivity index (χ0n) is 19.3. The molecule has 2 rings (SSSR count). The first kappa shape index (κ1) is 23.7. The summed E-state index contributed by atoms with van der Waals surface area (Å²) in [5.41, 5.74) is 6.71. The van der Waals surface area contributed by atoms with Crippen LogP contribution in [0.25, 0.3) is 0 Å².